The largest absolute Gasteiger partial charge is 0.392 e. The average molecular weight is 166 g/mol. The van der Waals surface area contributed by atoms with Crippen molar-refractivity contribution in [3.63, 3.8) is 0 Å². The molecular weight excluding hydrogens is 148 g/mol. The van der Waals surface area contributed by atoms with Gasteiger partial charge in [0, 0.05) is 5.92 Å². The Balaban J connectivity index is 2.15. The van der Waals surface area contributed by atoms with Crippen LogP contribution in [0.4, 0.5) is 0 Å². The molecule has 2 aliphatic carbocycles. The van der Waals surface area contributed by atoms with Crippen LogP contribution in [0.2, 0.25) is 0 Å². The monoisotopic (exact) mass is 166 g/mol. The Morgan fingerprint density at radius 3 is 3.08 bits per heavy atom. The molecule has 2 aliphatic rings. The van der Waals surface area contributed by atoms with Gasteiger partial charge < -0.3 is 5.11 Å². The Morgan fingerprint density at radius 1 is 1.42 bits per heavy atom. The van der Waals surface area contributed by atoms with Crippen molar-refractivity contribution in [3.8, 4) is 0 Å². The van der Waals surface area contributed by atoms with Gasteiger partial charge in [0.2, 0.25) is 0 Å². The van der Waals surface area contributed by atoms with E-state index in [1.54, 1.807) is 5.57 Å². The molecule has 0 radical (unpaired) electrons. The summed E-state index contributed by atoms with van der Waals surface area (Å²) in [5.74, 6) is 1.03. The number of aliphatic hydroxyl groups is 1. The normalized spacial score (nSPS) is 41.8. The molecule has 1 heteroatoms. The van der Waals surface area contributed by atoms with Gasteiger partial charge in [0.1, 0.15) is 0 Å². The third-order valence-electron chi connectivity index (χ3n) is 3.49. The summed E-state index contributed by atoms with van der Waals surface area (Å²) >= 11 is 0. The first kappa shape index (κ1) is 8.31. The van der Waals surface area contributed by atoms with Gasteiger partial charge >= 0.3 is 0 Å². The first-order chi connectivity index (χ1) is 5.79. The SMILES string of the molecule is C[C@H]1CCC2=CCCC[C@@H]2[C@@H]1O. The van der Waals surface area contributed by atoms with E-state index in [1.807, 2.05) is 0 Å². The summed E-state index contributed by atoms with van der Waals surface area (Å²) in [5.41, 5.74) is 1.55. The van der Waals surface area contributed by atoms with Gasteiger partial charge in [-0.25, -0.2) is 0 Å². The highest BCUT2D eigenvalue weighted by molar-refractivity contribution is 5.15. The minimum atomic E-state index is -0.0506. The maximum absolute atomic E-state index is 9.93. The first-order valence-electron chi connectivity index (χ1n) is 5.16. The molecule has 1 N–H and O–H groups in total. The fourth-order valence-corrected chi connectivity index (χ4v) is 2.60. The molecule has 1 nitrogen and oxygen atoms in total. The van der Waals surface area contributed by atoms with E-state index in [0.29, 0.717) is 11.8 Å². The zero-order valence-electron chi connectivity index (χ0n) is 7.79. The van der Waals surface area contributed by atoms with E-state index in [-0.39, 0.29) is 6.10 Å². The summed E-state index contributed by atoms with van der Waals surface area (Å²) in [4.78, 5) is 0. The molecule has 12 heavy (non-hydrogen) atoms. The minimum absolute atomic E-state index is 0.0506. The van der Waals surface area contributed by atoms with Crippen LogP contribution in [0.25, 0.3) is 0 Å². The Hall–Kier alpha value is -0.300. The van der Waals surface area contributed by atoms with Crippen LogP contribution in [-0.4, -0.2) is 11.2 Å². The van der Waals surface area contributed by atoms with Gasteiger partial charge in [0.05, 0.1) is 6.10 Å². The van der Waals surface area contributed by atoms with E-state index >= 15 is 0 Å². The number of fused-ring (bicyclic) bond motifs is 1. The van der Waals surface area contributed by atoms with E-state index in [1.165, 1.54) is 32.1 Å². The smallest absolute Gasteiger partial charge is 0.0631 e. The molecule has 1 fully saturated rings. The lowest BCUT2D eigenvalue weighted by molar-refractivity contribution is 0.0444. The summed E-state index contributed by atoms with van der Waals surface area (Å²) in [5, 5.41) is 9.93. The zero-order chi connectivity index (χ0) is 8.55. The van der Waals surface area contributed by atoms with Crippen molar-refractivity contribution in [1.82, 2.24) is 0 Å². The summed E-state index contributed by atoms with van der Waals surface area (Å²) in [7, 11) is 0. The van der Waals surface area contributed by atoms with Crippen LogP contribution in [0, 0.1) is 11.8 Å². The molecule has 2 rings (SSSR count). The Bertz CT molecular complexity index is 195. The van der Waals surface area contributed by atoms with Gasteiger partial charge in [0.15, 0.2) is 0 Å². The number of aliphatic hydroxyl groups excluding tert-OH is 1. The second-order valence-electron chi connectivity index (χ2n) is 4.32. The molecule has 0 aromatic carbocycles. The van der Waals surface area contributed by atoms with Crippen molar-refractivity contribution in [3.05, 3.63) is 11.6 Å². The van der Waals surface area contributed by atoms with E-state index < -0.39 is 0 Å². The predicted octanol–water partition coefficient (Wildman–Crippen LogP) is 2.50. The summed E-state index contributed by atoms with van der Waals surface area (Å²) in [6.07, 6.45) is 8.48. The van der Waals surface area contributed by atoms with Crippen molar-refractivity contribution >= 4 is 0 Å². The van der Waals surface area contributed by atoms with Crippen molar-refractivity contribution in [1.29, 1.82) is 0 Å². The molecule has 0 aromatic rings. The summed E-state index contributed by atoms with van der Waals surface area (Å²) in [6, 6.07) is 0. The molecule has 0 aliphatic heterocycles. The molecule has 0 bridgehead atoms. The van der Waals surface area contributed by atoms with E-state index in [9.17, 15) is 5.11 Å². The standard InChI is InChI=1S/C11H18O/c1-8-6-7-9-4-2-3-5-10(9)11(8)12/h4,8,10-12H,2-3,5-7H2,1H3/t8-,10-,11+/m0/s1. The van der Waals surface area contributed by atoms with Gasteiger partial charge in [-0.2, -0.15) is 0 Å². The number of rotatable bonds is 0. The molecule has 0 aromatic heterocycles. The fraction of sp³-hybridized carbons (Fsp3) is 0.818. The summed E-state index contributed by atoms with van der Waals surface area (Å²) in [6.45, 7) is 2.18. The van der Waals surface area contributed by atoms with E-state index in [2.05, 4.69) is 13.0 Å². The van der Waals surface area contributed by atoms with Crippen LogP contribution in [0.5, 0.6) is 0 Å². The van der Waals surface area contributed by atoms with Gasteiger partial charge in [-0.3, -0.25) is 0 Å². The van der Waals surface area contributed by atoms with Crippen molar-refractivity contribution in [2.24, 2.45) is 11.8 Å². The van der Waals surface area contributed by atoms with Crippen LogP contribution < -0.4 is 0 Å². The molecule has 0 saturated heterocycles. The number of allylic oxidation sites excluding steroid dienone is 1. The number of hydrogen-bond donors (Lipinski definition) is 1. The molecule has 0 spiro atoms. The zero-order valence-corrected chi connectivity index (χ0v) is 7.79. The van der Waals surface area contributed by atoms with Crippen LogP contribution in [0.1, 0.15) is 39.0 Å². The van der Waals surface area contributed by atoms with Crippen molar-refractivity contribution in [2.45, 2.75) is 45.1 Å². The number of hydrogen-bond acceptors (Lipinski definition) is 1. The van der Waals surface area contributed by atoms with E-state index in [4.69, 9.17) is 0 Å². The van der Waals surface area contributed by atoms with Crippen LogP contribution >= 0.6 is 0 Å². The van der Waals surface area contributed by atoms with Crippen LogP contribution in [0.15, 0.2) is 11.6 Å². The minimum Gasteiger partial charge on any atom is -0.392 e. The van der Waals surface area contributed by atoms with Crippen molar-refractivity contribution in [2.75, 3.05) is 0 Å². The molecule has 1 saturated carbocycles. The van der Waals surface area contributed by atoms with Crippen LogP contribution in [-0.2, 0) is 0 Å². The summed E-state index contributed by atoms with van der Waals surface area (Å²) < 4.78 is 0. The van der Waals surface area contributed by atoms with Gasteiger partial charge in [-0.1, -0.05) is 18.6 Å². The highest BCUT2D eigenvalue weighted by atomic mass is 16.3. The lowest BCUT2D eigenvalue weighted by Crippen LogP contribution is -2.34. The van der Waals surface area contributed by atoms with Gasteiger partial charge in [-0.05, 0) is 38.0 Å². The van der Waals surface area contributed by atoms with E-state index in [0.717, 1.165) is 0 Å². The molecule has 0 unspecified atom stereocenters. The molecule has 0 heterocycles. The maximum atomic E-state index is 9.93. The fourth-order valence-electron chi connectivity index (χ4n) is 2.60. The highest BCUT2D eigenvalue weighted by Crippen LogP contribution is 2.39. The third-order valence-corrected chi connectivity index (χ3v) is 3.49. The Labute approximate surface area is 74.5 Å². The van der Waals surface area contributed by atoms with Crippen LogP contribution in [0.3, 0.4) is 0 Å². The second kappa shape index (κ2) is 3.21. The Kier molecular flexibility index (Phi) is 2.22. The third kappa shape index (κ3) is 1.31. The quantitative estimate of drug-likeness (QED) is 0.548. The maximum Gasteiger partial charge on any atom is 0.0631 e. The second-order valence-corrected chi connectivity index (χ2v) is 4.32. The van der Waals surface area contributed by atoms with Gasteiger partial charge in [0.25, 0.3) is 0 Å². The lowest BCUT2D eigenvalue weighted by atomic mass is 9.72. The van der Waals surface area contributed by atoms with Crippen molar-refractivity contribution < 1.29 is 5.11 Å². The lowest BCUT2D eigenvalue weighted by Gasteiger charge is -2.37. The molecule has 68 valence electrons. The predicted molar refractivity (Wildman–Crippen MR) is 49.8 cm³/mol. The first-order valence-corrected chi connectivity index (χ1v) is 5.16. The highest BCUT2D eigenvalue weighted by Gasteiger charge is 2.32. The Morgan fingerprint density at radius 2 is 2.25 bits per heavy atom. The van der Waals surface area contributed by atoms with Gasteiger partial charge in [-0.15, -0.1) is 0 Å². The molecule has 0 amide bonds. The topological polar surface area (TPSA) is 20.2 Å². The molecule has 3 atom stereocenters. The average Bonchev–Trinajstić information content (AvgIpc) is 2.12. The molecular formula is C11H18O.